The van der Waals surface area contributed by atoms with Crippen LogP contribution in [0.1, 0.15) is 21.9 Å². The van der Waals surface area contributed by atoms with Crippen molar-refractivity contribution in [1.29, 1.82) is 0 Å². The van der Waals surface area contributed by atoms with Gasteiger partial charge in [-0.15, -0.1) is 0 Å². The predicted molar refractivity (Wildman–Crippen MR) is 66.9 cm³/mol. The average molecular weight is 266 g/mol. The number of carbonyl (C=O) groups excluding carboxylic acids is 1. The lowest BCUT2D eigenvalue weighted by Gasteiger charge is -2.07. The Morgan fingerprint density at radius 1 is 1.21 bits per heavy atom. The molecule has 0 radical (unpaired) electrons. The molecule has 1 aromatic heterocycles. The molecule has 0 aliphatic rings. The van der Waals surface area contributed by atoms with E-state index in [-0.39, 0.29) is 11.4 Å². The number of nitrogens with one attached hydrogen (secondary N) is 1. The Morgan fingerprint density at radius 3 is 2.47 bits per heavy atom. The Bertz CT molecular complexity index is 650. The van der Waals surface area contributed by atoms with Crippen molar-refractivity contribution in [2.24, 2.45) is 0 Å². The Hall–Kier alpha value is -2.37. The lowest BCUT2D eigenvalue weighted by molar-refractivity contribution is 0.102. The van der Waals surface area contributed by atoms with Gasteiger partial charge in [0.2, 0.25) is 0 Å². The number of benzene rings is 1. The molecule has 0 fully saturated rings. The van der Waals surface area contributed by atoms with Crippen LogP contribution in [-0.2, 0) is 0 Å². The largest absolute Gasteiger partial charge is 0.466 e. The third-order valence-electron chi connectivity index (χ3n) is 2.62. The molecule has 0 atom stereocenters. The zero-order chi connectivity index (χ0) is 14.2. The minimum Gasteiger partial charge on any atom is -0.466 e. The number of nitrogens with two attached hydrogens (primary N) is 1. The number of aryl methyl sites for hydroxylation is 2. The Labute approximate surface area is 108 Å². The minimum atomic E-state index is -0.891. The van der Waals surface area contributed by atoms with Crippen molar-refractivity contribution in [1.82, 2.24) is 0 Å². The van der Waals surface area contributed by atoms with Crippen LogP contribution in [-0.4, -0.2) is 5.91 Å². The molecule has 6 heteroatoms. The van der Waals surface area contributed by atoms with Gasteiger partial charge < -0.3 is 15.5 Å². The first kappa shape index (κ1) is 13.1. The van der Waals surface area contributed by atoms with Gasteiger partial charge >= 0.3 is 0 Å². The van der Waals surface area contributed by atoms with Gasteiger partial charge in [-0.05, 0) is 26.0 Å². The van der Waals surface area contributed by atoms with Gasteiger partial charge in [-0.2, -0.15) is 0 Å². The summed E-state index contributed by atoms with van der Waals surface area (Å²) in [6.07, 6.45) is 0. The summed E-state index contributed by atoms with van der Waals surface area (Å²) >= 11 is 0. The summed E-state index contributed by atoms with van der Waals surface area (Å²) in [6, 6.07) is 3.19. The van der Waals surface area contributed by atoms with Gasteiger partial charge in [0, 0.05) is 6.07 Å². The highest BCUT2D eigenvalue weighted by molar-refractivity contribution is 6.05. The third kappa shape index (κ3) is 2.57. The fraction of sp³-hybridized carbons (Fsp3) is 0.154. The number of hydrogen-bond donors (Lipinski definition) is 2. The standard InChI is InChI=1S/C13H12F2N2O2/c1-6-3-8(7(2)19-6)13(18)17-12-5-11(16)9(14)4-10(12)15/h3-5H,16H2,1-2H3,(H,17,18). The van der Waals surface area contributed by atoms with Crippen LogP contribution in [0.5, 0.6) is 0 Å². The molecule has 0 saturated heterocycles. The van der Waals surface area contributed by atoms with Crippen molar-refractivity contribution in [2.75, 3.05) is 11.1 Å². The van der Waals surface area contributed by atoms with Crippen molar-refractivity contribution in [2.45, 2.75) is 13.8 Å². The van der Waals surface area contributed by atoms with E-state index in [1.165, 1.54) is 6.07 Å². The van der Waals surface area contributed by atoms with Crippen LogP contribution in [0.15, 0.2) is 22.6 Å². The number of hydrogen-bond acceptors (Lipinski definition) is 3. The Balaban J connectivity index is 2.29. The van der Waals surface area contributed by atoms with Gasteiger partial charge in [-0.1, -0.05) is 0 Å². The molecule has 0 spiro atoms. The van der Waals surface area contributed by atoms with Gasteiger partial charge in [0.25, 0.3) is 5.91 Å². The van der Waals surface area contributed by atoms with Crippen LogP contribution < -0.4 is 11.1 Å². The molecular weight excluding hydrogens is 254 g/mol. The zero-order valence-electron chi connectivity index (χ0n) is 10.4. The normalized spacial score (nSPS) is 10.5. The first-order valence-corrected chi connectivity index (χ1v) is 5.51. The van der Waals surface area contributed by atoms with E-state index in [2.05, 4.69) is 5.32 Å². The maximum atomic E-state index is 13.5. The molecule has 0 bridgehead atoms. The molecule has 19 heavy (non-hydrogen) atoms. The lowest BCUT2D eigenvalue weighted by atomic mass is 10.2. The summed E-state index contributed by atoms with van der Waals surface area (Å²) in [5.74, 6) is -1.31. The average Bonchev–Trinajstić information content (AvgIpc) is 2.65. The molecule has 2 aromatic rings. The molecule has 1 aromatic carbocycles. The zero-order valence-corrected chi connectivity index (χ0v) is 10.4. The maximum absolute atomic E-state index is 13.5. The van der Waals surface area contributed by atoms with Crippen molar-refractivity contribution in [3.63, 3.8) is 0 Å². The van der Waals surface area contributed by atoms with E-state index < -0.39 is 17.5 Å². The van der Waals surface area contributed by atoms with Crippen LogP contribution in [0.25, 0.3) is 0 Å². The summed E-state index contributed by atoms with van der Waals surface area (Å²) in [7, 11) is 0. The molecule has 0 aliphatic carbocycles. The van der Waals surface area contributed by atoms with Crippen molar-refractivity contribution in [3.05, 3.63) is 46.9 Å². The highest BCUT2D eigenvalue weighted by Crippen LogP contribution is 2.22. The summed E-state index contributed by atoms with van der Waals surface area (Å²) in [6.45, 7) is 3.32. The highest BCUT2D eigenvalue weighted by atomic mass is 19.1. The first-order valence-electron chi connectivity index (χ1n) is 5.51. The fourth-order valence-electron chi connectivity index (χ4n) is 1.71. The van der Waals surface area contributed by atoms with Crippen LogP contribution in [0.3, 0.4) is 0 Å². The number of anilines is 2. The van der Waals surface area contributed by atoms with Crippen LogP contribution >= 0.6 is 0 Å². The van der Waals surface area contributed by atoms with Gasteiger partial charge in [0.1, 0.15) is 23.2 Å². The van der Waals surface area contributed by atoms with E-state index in [0.29, 0.717) is 23.2 Å². The summed E-state index contributed by atoms with van der Waals surface area (Å²) < 4.78 is 31.7. The van der Waals surface area contributed by atoms with E-state index in [0.717, 1.165) is 6.07 Å². The van der Waals surface area contributed by atoms with Crippen LogP contribution in [0.2, 0.25) is 0 Å². The molecule has 0 unspecified atom stereocenters. The fourth-order valence-corrected chi connectivity index (χ4v) is 1.71. The molecule has 100 valence electrons. The quantitative estimate of drug-likeness (QED) is 0.821. The summed E-state index contributed by atoms with van der Waals surface area (Å²) in [5, 5.41) is 2.33. The molecule has 3 N–H and O–H groups in total. The molecule has 4 nitrogen and oxygen atoms in total. The van der Waals surface area contributed by atoms with Gasteiger partial charge in [-0.3, -0.25) is 4.79 Å². The lowest BCUT2D eigenvalue weighted by Crippen LogP contribution is -2.13. The maximum Gasteiger partial charge on any atom is 0.259 e. The smallest absolute Gasteiger partial charge is 0.259 e. The van der Waals surface area contributed by atoms with Crippen LogP contribution in [0, 0.1) is 25.5 Å². The number of nitrogen functional groups attached to an aromatic ring is 1. The Kier molecular flexibility index (Phi) is 3.25. The monoisotopic (exact) mass is 266 g/mol. The van der Waals surface area contributed by atoms with Gasteiger partial charge in [0.05, 0.1) is 16.9 Å². The number of furan rings is 1. The first-order chi connectivity index (χ1) is 8.88. The molecule has 0 saturated carbocycles. The molecular formula is C13H12F2N2O2. The molecule has 2 rings (SSSR count). The van der Waals surface area contributed by atoms with Gasteiger partial charge in [0.15, 0.2) is 0 Å². The van der Waals surface area contributed by atoms with E-state index in [9.17, 15) is 13.6 Å². The topological polar surface area (TPSA) is 68.3 Å². The summed E-state index contributed by atoms with van der Waals surface area (Å²) in [5.41, 5.74) is 5.20. The van der Waals surface area contributed by atoms with Crippen molar-refractivity contribution in [3.8, 4) is 0 Å². The van der Waals surface area contributed by atoms with E-state index in [1.54, 1.807) is 13.8 Å². The second-order valence-electron chi connectivity index (χ2n) is 4.13. The second kappa shape index (κ2) is 4.72. The highest BCUT2D eigenvalue weighted by Gasteiger charge is 2.16. The van der Waals surface area contributed by atoms with Crippen molar-refractivity contribution < 1.29 is 18.0 Å². The SMILES string of the molecule is Cc1cc(C(=O)Nc2cc(N)c(F)cc2F)c(C)o1. The minimum absolute atomic E-state index is 0.179. The molecule has 0 aliphatic heterocycles. The van der Waals surface area contributed by atoms with Crippen LogP contribution in [0.4, 0.5) is 20.2 Å². The van der Waals surface area contributed by atoms with Crippen molar-refractivity contribution >= 4 is 17.3 Å². The van der Waals surface area contributed by atoms with E-state index >= 15 is 0 Å². The third-order valence-corrected chi connectivity index (χ3v) is 2.62. The number of carbonyl (C=O) groups is 1. The number of amides is 1. The summed E-state index contributed by atoms with van der Waals surface area (Å²) in [4.78, 5) is 11.9. The predicted octanol–water partition coefficient (Wildman–Crippen LogP) is 3.01. The number of rotatable bonds is 2. The number of halogens is 2. The van der Waals surface area contributed by atoms with E-state index in [1.807, 2.05) is 0 Å². The molecule has 1 heterocycles. The Morgan fingerprint density at radius 2 is 1.89 bits per heavy atom. The molecule has 1 amide bonds. The van der Waals surface area contributed by atoms with E-state index in [4.69, 9.17) is 10.2 Å². The second-order valence-corrected chi connectivity index (χ2v) is 4.13. The van der Waals surface area contributed by atoms with Gasteiger partial charge in [-0.25, -0.2) is 8.78 Å².